The van der Waals surface area contributed by atoms with Crippen LogP contribution in [0.4, 0.5) is 4.79 Å². The van der Waals surface area contributed by atoms with E-state index in [0.29, 0.717) is 35.0 Å². The summed E-state index contributed by atoms with van der Waals surface area (Å²) in [6, 6.07) is 8.06. The van der Waals surface area contributed by atoms with Crippen molar-refractivity contribution in [2.45, 2.75) is 18.5 Å². The molecule has 8 nitrogen and oxygen atoms in total. The van der Waals surface area contributed by atoms with Gasteiger partial charge in [-0.15, -0.1) is 11.3 Å². The zero-order chi connectivity index (χ0) is 18.6. The highest BCUT2D eigenvalue weighted by Crippen LogP contribution is 2.41. The minimum absolute atomic E-state index is 0.0565. The maximum Gasteiger partial charge on any atom is 0.325 e. The molecule has 27 heavy (non-hydrogen) atoms. The molecule has 3 amide bonds. The number of para-hydroxylation sites is 1. The van der Waals surface area contributed by atoms with Crippen LogP contribution >= 0.6 is 11.3 Å². The Labute approximate surface area is 157 Å². The third-order valence-electron chi connectivity index (χ3n) is 4.93. The van der Waals surface area contributed by atoms with E-state index in [-0.39, 0.29) is 18.0 Å². The SMILES string of the molecule is O=C1NC2(CCOc3ccccc32)C(=O)N1Cc1cc(=O)n2ccsc2n1. The fraction of sp³-hybridized carbons (Fsp3) is 0.222. The molecule has 4 heterocycles. The third-order valence-corrected chi connectivity index (χ3v) is 5.69. The molecule has 0 saturated carbocycles. The van der Waals surface area contributed by atoms with E-state index in [9.17, 15) is 14.4 Å². The lowest BCUT2D eigenvalue weighted by Crippen LogP contribution is -2.47. The summed E-state index contributed by atoms with van der Waals surface area (Å²) < 4.78 is 7.05. The van der Waals surface area contributed by atoms with Crippen LogP contribution in [-0.4, -0.2) is 32.8 Å². The van der Waals surface area contributed by atoms with Crippen LogP contribution in [0.1, 0.15) is 17.7 Å². The summed E-state index contributed by atoms with van der Waals surface area (Å²) in [5, 5.41) is 4.60. The molecule has 0 bridgehead atoms. The number of imide groups is 1. The Morgan fingerprint density at radius 3 is 3.00 bits per heavy atom. The van der Waals surface area contributed by atoms with Crippen LogP contribution < -0.4 is 15.6 Å². The first-order valence-electron chi connectivity index (χ1n) is 8.41. The fourth-order valence-electron chi connectivity index (χ4n) is 3.65. The lowest BCUT2D eigenvalue weighted by Gasteiger charge is -2.33. The van der Waals surface area contributed by atoms with E-state index in [4.69, 9.17) is 4.74 Å². The average molecular weight is 382 g/mol. The van der Waals surface area contributed by atoms with Gasteiger partial charge in [-0.2, -0.15) is 0 Å². The number of rotatable bonds is 2. The molecule has 1 fully saturated rings. The number of fused-ring (bicyclic) bond motifs is 3. The predicted molar refractivity (Wildman–Crippen MR) is 96.7 cm³/mol. The van der Waals surface area contributed by atoms with Crippen molar-refractivity contribution in [1.82, 2.24) is 19.6 Å². The number of urea groups is 1. The summed E-state index contributed by atoms with van der Waals surface area (Å²) in [6.07, 6.45) is 1.99. The Morgan fingerprint density at radius 1 is 1.26 bits per heavy atom. The highest BCUT2D eigenvalue weighted by Gasteiger charge is 2.54. The molecule has 1 spiro atoms. The lowest BCUT2D eigenvalue weighted by atomic mass is 9.84. The third kappa shape index (κ3) is 2.28. The normalized spacial score (nSPS) is 21.4. The second kappa shape index (κ2) is 5.65. The van der Waals surface area contributed by atoms with Crippen LogP contribution in [0, 0.1) is 0 Å². The van der Waals surface area contributed by atoms with Crippen LogP contribution in [0.3, 0.4) is 0 Å². The minimum atomic E-state index is -1.13. The summed E-state index contributed by atoms with van der Waals surface area (Å²) in [7, 11) is 0. The number of benzene rings is 1. The number of thiazole rings is 1. The summed E-state index contributed by atoms with van der Waals surface area (Å²) in [4.78, 5) is 44.0. The molecule has 9 heteroatoms. The van der Waals surface area contributed by atoms with E-state index in [1.54, 1.807) is 23.7 Å². The van der Waals surface area contributed by atoms with Crippen LogP contribution in [-0.2, 0) is 16.9 Å². The largest absolute Gasteiger partial charge is 0.493 e. The van der Waals surface area contributed by atoms with E-state index in [2.05, 4.69) is 10.3 Å². The number of hydrogen-bond donors (Lipinski definition) is 1. The summed E-state index contributed by atoms with van der Waals surface area (Å²) in [5.41, 5.74) is -0.342. The van der Waals surface area contributed by atoms with Gasteiger partial charge in [0.15, 0.2) is 10.5 Å². The number of aromatic nitrogens is 2. The highest BCUT2D eigenvalue weighted by molar-refractivity contribution is 7.15. The van der Waals surface area contributed by atoms with Gasteiger partial charge >= 0.3 is 6.03 Å². The van der Waals surface area contributed by atoms with Gasteiger partial charge in [0.2, 0.25) is 0 Å². The molecular weight excluding hydrogens is 368 g/mol. The maximum absolute atomic E-state index is 13.2. The van der Waals surface area contributed by atoms with Gasteiger partial charge in [-0.1, -0.05) is 18.2 Å². The van der Waals surface area contributed by atoms with Gasteiger partial charge < -0.3 is 10.1 Å². The molecule has 0 aliphatic carbocycles. The van der Waals surface area contributed by atoms with Gasteiger partial charge in [0.05, 0.1) is 18.8 Å². The van der Waals surface area contributed by atoms with Crippen molar-refractivity contribution in [1.29, 1.82) is 0 Å². The average Bonchev–Trinajstić information content (AvgIpc) is 3.22. The Balaban J connectivity index is 1.53. The van der Waals surface area contributed by atoms with Crippen LogP contribution in [0.2, 0.25) is 0 Å². The maximum atomic E-state index is 13.2. The molecule has 2 aliphatic heterocycles. The quantitative estimate of drug-likeness (QED) is 0.678. The first-order chi connectivity index (χ1) is 13.1. The zero-order valence-corrected chi connectivity index (χ0v) is 14.9. The highest BCUT2D eigenvalue weighted by atomic mass is 32.1. The molecule has 3 aromatic rings. The molecule has 1 aromatic carbocycles. The molecule has 2 aliphatic rings. The molecule has 1 saturated heterocycles. The number of nitrogens with zero attached hydrogens (tertiary/aromatic N) is 3. The van der Waals surface area contributed by atoms with Crippen molar-refractivity contribution < 1.29 is 14.3 Å². The Bertz CT molecular complexity index is 1150. The number of ether oxygens (including phenoxy) is 1. The van der Waals surface area contributed by atoms with Crippen LogP contribution in [0.25, 0.3) is 4.96 Å². The summed E-state index contributed by atoms with van der Waals surface area (Å²) in [5.74, 6) is 0.243. The Hall–Kier alpha value is -3.20. The Morgan fingerprint density at radius 2 is 2.11 bits per heavy atom. The van der Waals surface area contributed by atoms with E-state index < -0.39 is 11.6 Å². The first-order valence-corrected chi connectivity index (χ1v) is 9.29. The van der Waals surface area contributed by atoms with Gasteiger partial charge in [0.1, 0.15) is 5.75 Å². The standard InChI is InChI=1S/C18H14N4O4S/c23-14-9-11(19-17-21(14)6-8-27-17)10-22-15(24)18(20-16(22)25)5-7-26-13-4-2-1-3-12(13)18/h1-4,6,8-9H,5,7,10H2,(H,20,25). The second-order valence-corrected chi connectivity index (χ2v) is 7.34. The van der Waals surface area contributed by atoms with Gasteiger partial charge in [-0.3, -0.25) is 18.9 Å². The number of amides is 3. The van der Waals surface area contributed by atoms with Crippen molar-refractivity contribution in [2.24, 2.45) is 0 Å². The van der Waals surface area contributed by atoms with Crippen molar-refractivity contribution in [3.05, 3.63) is 63.5 Å². The lowest BCUT2D eigenvalue weighted by molar-refractivity contribution is -0.133. The van der Waals surface area contributed by atoms with Crippen molar-refractivity contribution >= 4 is 28.2 Å². The number of carbonyl (C=O) groups excluding carboxylic acids is 2. The van der Waals surface area contributed by atoms with Crippen LogP contribution in [0.15, 0.2) is 46.7 Å². The molecule has 0 radical (unpaired) electrons. The number of carbonyl (C=O) groups is 2. The first kappa shape index (κ1) is 16.0. The minimum Gasteiger partial charge on any atom is -0.493 e. The van der Waals surface area contributed by atoms with Crippen molar-refractivity contribution in [3.8, 4) is 5.75 Å². The van der Waals surface area contributed by atoms with E-state index in [0.717, 1.165) is 4.90 Å². The number of hydrogen-bond acceptors (Lipinski definition) is 6. The molecule has 1 unspecified atom stereocenters. The topological polar surface area (TPSA) is 93.0 Å². The van der Waals surface area contributed by atoms with E-state index >= 15 is 0 Å². The molecule has 1 atom stereocenters. The summed E-state index contributed by atoms with van der Waals surface area (Å²) >= 11 is 1.32. The zero-order valence-electron chi connectivity index (χ0n) is 14.0. The molecule has 136 valence electrons. The fourth-order valence-corrected chi connectivity index (χ4v) is 4.38. The Kier molecular flexibility index (Phi) is 3.35. The van der Waals surface area contributed by atoms with Gasteiger partial charge in [0.25, 0.3) is 11.5 Å². The molecule has 5 rings (SSSR count). The van der Waals surface area contributed by atoms with Crippen molar-refractivity contribution in [3.63, 3.8) is 0 Å². The molecular formula is C18H14N4O4S. The summed E-state index contributed by atoms with van der Waals surface area (Å²) in [6.45, 7) is 0.275. The van der Waals surface area contributed by atoms with E-state index in [1.807, 2.05) is 12.1 Å². The number of nitrogens with one attached hydrogen (secondary N) is 1. The van der Waals surface area contributed by atoms with Gasteiger partial charge in [-0.05, 0) is 6.07 Å². The van der Waals surface area contributed by atoms with E-state index in [1.165, 1.54) is 21.8 Å². The molecule has 1 N–H and O–H groups in total. The van der Waals surface area contributed by atoms with Crippen molar-refractivity contribution in [2.75, 3.05) is 6.61 Å². The van der Waals surface area contributed by atoms with Crippen LogP contribution in [0.5, 0.6) is 5.75 Å². The monoisotopic (exact) mass is 382 g/mol. The smallest absolute Gasteiger partial charge is 0.325 e. The second-order valence-electron chi connectivity index (χ2n) is 6.46. The molecule has 2 aromatic heterocycles. The van der Waals surface area contributed by atoms with Gasteiger partial charge in [-0.25, -0.2) is 9.78 Å². The van der Waals surface area contributed by atoms with Gasteiger partial charge in [0, 0.05) is 29.6 Å². The predicted octanol–water partition coefficient (Wildman–Crippen LogP) is 1.49.